The number of ether oxygens (including phenoxy) is 3. The van der Waals surface area contributed by atoms with Crippen molar-refractivity contribution in [2.24, 2.45) is 0 Å². The second kappa shape index (κ2) is 9.31. The van der Waals surface area contributed by atoms with Crippen LogP contribution in [0.5, 0.6) is 17.2 Å². The lowest BCUT2D eigenvalue weighted by Gasteiger charge is -2.35. The van der Waals surface area contributed by atoms with Crippen molar-refractivity contribution in [1.29, 1.82) is 0 Å². The highest BCUT2D eigenvalue weighted by molar-refractivity contribution is 6.30. The molecule has 5 nitrogen and oxygen atoms in total. The van der Waals surface area contributed by atoms with Crippen LogP contribution < -0.4 is 14.2 Å². The van der Waals surface area contributed by atoms with E-state index in [2.05, 4.69) is 28.0 Å². The van der Waals surface area contributed by atoms with E-state index >= 15 is 0 Å². The van der Waals surface area contributed by atoms with Crippen molar-refractivity contribution in [3.05, 3.63) is 52.5 Å². The van der Waals surface area contributed by atoms with Gasteiger partial charge in [0.2, 0.25) is 5.75 Å². The lowest BCUT2D eigenvalue weighted by atomic mass is 10.1. The van der Waals surface area contributed by atoms with Gasteiger partial charge in [-0.2, -0.15) is 0 Å². The molecule has 0 radical (unpaired) electrons. The van der Waals surface area contributed by atoms with E-state index in [-0.39, 0.29) is 0 Å². The number of hydrogen-bond acceptors (Lipinski definition) is 5. The molecule has 2 aromatic carbocycles. The van der Waals surface area contributed by atoms with Gasteiger partial charge in [-0.1, -0.05) is 29.8 Å². The predicted octanol–water partition coefficient (Wildman–Crippen LogP) is 3.68. The highest BCUT2D eigenvalue weighted by Gasteiger charge is 2.21. The molecule has 146 valence electrons. The Morgan fingerprint density at radius 2 is 1.33 bits per heavy atom. The summed E-state index contributed by atoms with van der Waals surface area (Å²) in [4.78, 5) is 4.92. The first kappa shape index (κ1) is 19.8. The van der Waals surface area contributed by atoms with Gasteiger partial charge in [-0.3, -0.25) is 9.80 Å². The van der Waals surface area contributed by atoms with Gasteiger partial charge in [0, 0.05) is 49.9 Å². The Bertz CT molecular complexity index is 744. The van der Waals surface area contributed by atoms with Crippen LogP contribution in [0.2, 0.25) is 5.02 Å². The van der Waals surface area contributed by atoms with Crippen LogP contribution in [0.25, 0.3) is 0 Å². The molecule has 0 saturated carbocycles. The van der Waals surface area contributed by atoms with Gasteiger partial charge in [0.25, 0.3) is 0 Å². The number of halogens is 1. The summed E-state index contributed by atoms with van der Waals surface area (Å²) < 4.78 is 16.5. The Balaban J connectivity index is 1.60. The van der Waals surface area contributed by atoms with Gasteiger partial charge in [-0.25, -0.2) is 0 Å². The number of piperazine rings is 1. The SMILES string of the molecule is COc1ccc(CN2CCN(Cc3ccc(Cl)cc3)CC2)c(OC)c1OC. The van der Waals surface area contributed by atoms with Crippen LogP contribution in [0.15, 0.2) is 36.4 Å². The third-order valence-corrected chi connectivity index (χ3v) is 5.22. The summed E-state index contributed by atoms with van der Waals surface area (Å²) in [5, 5.41) is 0.785. The maximum Gasteiger partial charge on any atom is 0.203 e. The van der Waals surface area contributed by atoms with Gasteiger partial charge >= 0.3 is 0 Å². The molecule has 1 aliphatic rings. The molecule has 27 heavy (non-hydrogen) atoms. The quantitative estimate of drug-likeness (QED) is 0.720. The average molecular weight is 391 g/mol. The van der Waals surface area contributed by atoms with Crippen LogP contribution in [-0.2, 0) is 13.1 Å². The van der Waals surface area contributed by atoms with E-state index in [9.17, 15) is 0 Å². The number of methoxy groups -OCH3 is 3. The minimum atomic E-state index is 0.652. The number of nitrogens with zero attached hydrogens (tertiary/aromatic N) is 2. The van der Waals surface area contributed by atoms with E-state index < -0.39 is 0 Å². The average Bonchev–Trinajstić information content (AvgIpc) is 2.70. The lowest BCUT2D eigenvalue weighted by Crippen LogP contribution is -2.45. The minimum absolute atomic E-state index is 0.652. The van der Waals surface area contributed by atoms with Crippen molar-refractivity contribution < 1.29 is 14.2 Å². The summed E-state index contributed by atoms with van der Waals surface area (Å²) >= 11 is 5.97. The summed E-state index contributed by atoms with van der Waals surface area (Å²) in [7, 11) is 4.95. The topological polar surface area (TPSA) is 34.2 Å². The van der Waals surface area contributed by atoms with Crippen LogP contribution in [0.4, 0.5) is 0 Å². The van der Waals surface area contributed by atoms with E-state index in [1.54, 1.807) is 21.3 Å². The van der Waals surface area contributed by atoms with E-state index in [1.807, 2.05) is 18.2 Å². The first-order valence-electron chi connectivity index (χ1n) is 9.11. The maximum atomic E-state index is 5.97. The molecule has 1 saturated heterocycles. The monoisotopic (exact) mass is 390 g/mol. The van der Waals surface area contributed by atoms with Crippen molar-refractivity contribution in [2.45, 2.75) is 13.1 Å². The fourth-order valence-electron chi connectivity index (χ4n) is 3.48. The Labute approximate surface area is 166 Å². The zero-order valence-electron chi connectivity index (χ0n) is 16.2. The molecule has 6 heteroatoms. The first-order chi connectivity index (χ1) is 13.1. The molecule has 1 aliphatic heterocycles. The third-order valence-electron chi connectivity index (χ3n) is 4.96. The smallest absolute Gasteiger partial charge is 0.203 e. The summed E-state index contributed by atoms with van der Waals surface area (Å²) in [5.74, 6) is 2.09. The molecule has 0 amide bonds. The predicted molar refractivity (Wildman–Crippen MR) is 108 cm³/mol. The molecule has 2 aromatic rings. The minimum Gasteiger partial charge on any atom is -0.493 e. The zero-order valence-corrected chi connectivity index (χ0v) is 17.0. The lowest BCUT2D eigenvalue weighted by molar-refractivity contribution is 0.121. The third kappa shape index (κ3) is 4.86. The molecule has 1 heterocycles. The van der Waals surface area contributed by atoms with E-state index in [1.165, 1.54) is 5.56 Å². The van der Waals surface area contributed by atoms with Gasteiger partial charge in [-0.15, -0.1) is 0 Å². The molecule has 0 N–H and O–H groups in total. The van der Waals surface area contributed by atoms with Crippen LogP contribution in [0.3, 0.4) is 0 Å². The number of rotatable bonds is 7. The molecule has 1 fully saturated rings. The van der Waals surface area contributed by atoms with Crippen molar-refractivity contribution in [1.82, 2.24) is 9.80 Å². The second-order valence-corrected chi connectivity index (χ2v) is 7.11. The van der Waals surface area contributed by atoms with Crippen molar-refractivity contribution in [2.75, 3.05) is 47.5 Å². The van der Waals surface area contributed by atoms with Crippen LogP contribution in [0.1, 0.15) is 11.1 Å². The van der Waals surface area contributed by atoms with Gasteiger partial charge < -0.3 is 14.2 Å². The molecule has 0 aliphatic carbocycles. The maximum absolute atomic E-state index is 5.97. The van der Waals surface area contributed by atoms with Gasteiger partial charge in [-0.05, 0) is 23.8 Å². The zero-order chi connectivity index (χ0) is 19.2. The molecule has 3 rings (SSSR count). The van der Waals surface area contributed by atoms with Gasteiger partial charge in [0.05, 0.1) is 21.3 Å². The molecular weight excluding hydrogens is 364 g/mol. The molecule has 0 atom stereocenters. The molecule has 0 unspecified atom stereocenters. The van der Waals surface area contributed by atoms with Crippen molar-refractivity contribution in [3.63, 3.8) is 0 Å². The molecule has 0 bridgehead atoms. The van der Waals surface area contributed by atoms with Crippen molar-refractivity contribution in [3.8, 4) is 17.2 Å². The number of hydrogen-bond donors (Lipinski definition) is 0. The normalized spacial score (nSPS) is 15.6. The highest BCUT2D eigenvalue weighted by atomic mass is 35.5. The molecule has 0 aromatic heterocycles. The van der Waals surface area contributed by atoms with E-state index in [0.29, 0.717) is 11.5 Å². The molecule has 0 spiro atoms. The Morgan fingerprint density at radius 3 is 1.89 bits per heavy atom. The summed E-state index contributed by atoms with van der Waals surface area (Å²) in [6.07, 6.45) is 0. The van der Waals surface area contributed by atoms with Gasteiger partial charge in [0.15, 0.2) is 11.5 Å². The second-order valence-electron chi connectivity index (χ2n) is 6.67. The van der Waals surface area contributed by atoms with E-state index in [0.717, 1.165) is 55.6 Å². The standard InChI is InChI=1S/C21H27ClN2O3/c1-25-19-9-6-17(20(26-2)21(19)27-3)15-24-12-10-23(11-13-24)14-16-4-7-18(22)8-5-16/h4-9H,10-15H2,1-3H3. The molecular formula is C21H27ClN2O3. The Hall–Kier alpha value is -1.95. The summed E-state index contributed by atoms with van der Waals surface area (Å²) in [6.45, 7) is 5.91. The fraction of sp³-hybridized carbons (Fsp3) is 0.429. The summed E-state index contributed by atoms with van der Waals surface area (Å²) in [5.41, 5.74) is 2.41. The highest BCUT2D eigenvalue weighted by Crippen LogP contribution is 2.40. The largest absolute Gasteiger partial charge is 0.493 e. The van der Waals surface area contributed by atoms with Crippen LogP contribution in [0, 0.1) is 0 Å². The number of benzene rings is 2. The van der Waals surface area contributed by atoms with Crippen LogP contribution in [-0.4, -0.2) is 57.3 Å². The van der Waals surface area contributed by atoms with Gasteiger partial charge in [0.1, 0.15) is 0 Å². The first-order valence-corrected chi connectivity index (χ1v) is 9.49. The Morgan fingerprint density at radius 1 is 0.741 bits per heavy atom. The van der Waals surface area contributed by atoms with E-state index in [4.69, 9.17) is 25.8 Å². The fourth-order valence-corrected chi connectivity index (χ4v) is 3.61. The Kier molecular flexibility index (Phi) is 6.83. The summed E-state index contributed by atoms with van der Waals surface area (Å²) in [6, 6.07) is 12.1. The van der Waals surface area contributed by atoms with Crippen LogP contribution >= 0.6 is 11.6 Å². The van der Waals surface area contributed by atoms with Crippen molar-refractivity contribution >= 4 is 11.6 Å².